The van der Waals surface area contributed by atoms with Gasteiger partial charge in [-0.2, -0.15) is 0 Å². The highest BCUT2D eigenvalue weighted by molar-refractivity contribution is 5.93. The van der Waals surface area contributed by atoms with E-state index in [1.807, 2.05) is 0 Å². The van der Waals surface area contributed by atoms with Crippen LogP contribution < -0.4 is 10.2 Å². The van der Waals surface area contributed by atoms with Crippen LogP contribution in [0, 0.1) is 5.82 Å². The summed E-state index contributed by atoms with van der Waals surface area (Å²) in [4.78, 5) is 29.2. The van der Waals surface area contributed by atoms with Gasteiger partial charge in [-0.3, -0.25) is 14.5 Å². The Hall–Kier alpha value is -1.95. The lowest BCUT2D eigenvalue weighted by molar-refractivity contribution is -0.128. The van der Waals surface area contributed by atoms with Crippen molar-refractivity contribution < 1.29 is 14.0 Å². The number of carbonyl (C=O) groups excluding carboxylic acids is 2. The van der Waals surface area contributed by atoms with E-state index in [9.17, 15) is 14.0 Å². The molecule has 3 aliphatic rings. The summed E-state index contributed by atoms with van der Waals surface area (Å²) in [6.45, 7) is 1.95. The van der Waals surface area contributed by atoms with Gasteiger partial charge in [0.25, 0.3) is 0 Å². The molecule has 2 heterocycles. The number of nitrogens with one attached hydrogen (secondary N) is 1. The second kappa shape index (κ2) is 6.41. The summed E-state index contributed by atoms with van der Waals surface area (Å²) in [6.07, 6.45) is 5.14. The SMILES string of the molecule is O=C1CCCCC1N1CCC2(CC1)C(=O)NCN2c1ccc(F)cc1. The van der Waals surface area contributed by atoms with Crippen molar-refractivity contribution in [2.75, 3.05) is 24.7 Å². The molecule has 0 bridgehead atoms. The van der Waals surface area contributed by atoms with E-state index in [0.717, 1.165) is 38.0 Å². The Labute approximate surface area is 147 Å². The Balaban J connectivity index is 1.52. The highest BCUT2D eigenvalue weighted by Gasteiger charge is 2.51. The molecule has 5 nitrogen and oxygen atoms in total. The number of carbonyl (C=O) groups is 2. The maximum Gasteiger partial charge on any atom is 0.247 e. The van der Waals surface area contributed by atoms with Gasteiger partial charge in [-0.15, -0.1) is 0 Å². The molecule has 25 heavy (non-hydrogen) atoms. The molecule has 1 unspecified atom stereocenters. The molecule has 0 aromatic heterocycles. The lowest BCUT2D eigenvalue weighted by Crippen LogP contribution is -2.59. The first-order valence-electron chi connectivity index (χ1n) is 9.18. The number of likely N-dealkylation sites (tertiary alicyclic amines) is 1. The van der Waals surface area contributed by atoms with E-state index in [2.05, 4.69) is 15.1 Å². The second-order valence-corrected chi connectivity index (χ2v) is 7.36. The largest absolute Gasteiger partial charge is 0.339 e. The minimum Gasteiger partial charge on any atom is -0.339 e. The normalized spacial score (nSPS) is 26.9. The van der Waals surface area contributed by atoms with Crippen molar-refractivity contribution >= 4 is 17.4 Å². The fourth-order valence-corrected chi connectivity index (χ4v) is 4.60. The highest BCUT2D eigenvalue weighted by Crippen LogP contribution is 2.37. The van der Waals surface area contributed by atoms with Gasteiger partial charge < -0.3 is 10.2 Å². The van der Waals surface area contributed by atoms with Crippen molar-refractivity contribution in [3.05, 3.63) is 30.1 Å². The minimum absolute atomic E-state index is 0.0369. The van der Waals surface area contributed by atoms with Gasteiger partial charge in [0.15, 0.2) is 0 Å². The maximum atomic E-state index is 13.2. The van der Waals surface area contributed by atoms with Crippen molar-refractivity contribution in [1.82, 2.24) is 10.2 Å². The highest BCUT2D eigenvalue weighted by atomic mass is 19.1. The molecule has 1 N–H and O–H groups in total. The van der Waals surface area contributed by atoms with E-state index in [1.54, 1.807) is 12.1 Å². The summed E-state index contributed by atoms with van der Waals surface area (Å²) in [5.41, 5.74) is 0.286. The van der Waals surface area contributed by atoms with E-state index in [4.69, 9.17) is 0 Å². The van der Waals surface area contributed by atoms with Crippen LogP contribution >= 0.6 is 0 Å². The third-order valence-corrected chi connectivity index (χ3v) is 6.06. The van der Waals surface area contributed by atoms with E-state index in [-0.39, 0.29) is 17.8 Å². The monoisotopic (exact) mass is 345 g/mol. The van der Waals surface area contributed by atoms with E-state index >= 15 is 0 Å². The number of nitrogens with zero attached hydrogens (tertiary/aromatic N) is 2. The van der Waals surface area contributed by atoms with Gasteiger partial charge in [0.2, 0.25) is 5.91 Å². The molecule has 2 aliphatic heterocycles. The van der Waals surface area contributed by atoms with Gasteiger partial charge in [0.1, 0.15) is 17.1 Å². The van der Waals surface area contributed by atoms with Gasteiger partial charge in [-0.05, 0) is 49.9 Å². The minimum atomic E-state index is -0.577. The quantitative estimate of drug-likeness (QED) is 0.892. The molecular formula is C19H24FN3O2. The zero-order valence-electron chi connectivity index (χ0n) is 14.3. The van der Waals surface area contributed by atoms with Crippen LogP contribution in [0.5, 0.6) is 0 Å². The number of ketones is 1. The third kappa shape index (κ3) is 2.82. The van der Waals surface area contributed by atoms with Crippen LogP contribution in [0.4, 0.5) is 10.1 Å². The Morgan fingerprint density at radius 2 is 1.80 bits per heavy atom. The van der Waals surface area contributed by atoms with E-state index < -0.39 is 5.54 Å². The predicted molar refractivity (Wildman–Crippen MR) is 92.7 cm³/mol. The average Bonchev–Trinajstić information content (AvgIpc) is 2.94. The number of piperidine rings is 1. The first kappa shape index (κ1) is 16.5. The topological polar surface area (TPSA) is 52.7 Å². The summed E-state index contributed by atoms with van der Waals surface area (Å²) in [6, 6.07) is 6.36. The van der Waals surface area contributed by atoms with Gasteiger partial charge in [0, 0.05) is 25.2 Å². The molecule has 1 aromatic carbocycles. The summed E-state index contributed by atoms with van der Waals surface area (Å²) in [5.74, 6) is 0.127. The average molecular weight is 345 g/mol. The van der Waals surface area contributed by atoms with Gasteiger partial charge in [-0.25, -0.2) is 4.39 Å². The van der Waals surface area contributed by atoms with Crippen LogP contribution in [0.15, 0.2) is 24.3 Å². The molecule has 1 spiro atoms. The van der Waals surface area contributed by atoms with Gasteiger partial charge in [0.05, 0.1) is 12.7 Å². The number of amides is 1. The lowest BCUT2D eigenvalue weighted by Gasteiger charge is -2.45. The number of rotatable bonds is 2. The first-order chi connectivity index (χ1) is 12.1. The van der Waals surface area contributed by atoms with Crippen molar-refractivity contribution in [3.8, 4) is 0 Å². The molecule has 0 radical (unpaired) electrons. The summed E-state index contributed by atoms with van der Waals surface area (Å²) in [7, 11) is 0. The maximum absolute atomic E-state index is 13.2. The Morgan fingerprint density at radius 1 is 1.08 bits per heavy atom. The summed E-state index contributed by atoms with van der Waals surface area (Å²) >= 11 is 0. The Bertz CT molecular complexity index is 668. The third-order valence-electron chi connectivity index (χ3n) is 6.06. The molecule has 6 heteroatoms. The molecular weight excluding hydrogens is 321 g/mol. The lowest BCUT2D eigenvalue weighted by atomic mass is 9.83. The van der Waals surface area contributed by atoms with Crippen LogP contribution in [-0.4, -0.2) is 47.9 Å². The first-order valence-corrected chi connectivity index (χ1v) is 9.18. The van der Waals surface area contributed by atoms with Crippen LogP contribution in [0.3, 0.4) is 0 Å². The number of halogens is 1. The molecule has 134 valence electrons. The second-order valence-electron chi connectivity index (χ2n) is 7.36. The Morgan fingerprint density at radius 3 is 2.48 bits per heavy atom. The molecule has 1 aromatic rings. The number of Topliss-reactive ketones (excluding diaryl/α,β-unsaturated/α-hetero) is 1. The summed E-state index contributed by atoms with van der Waals surface area (Å²) < 4.78 is 13.2. The van der Waals surface area contributed by atoms with Gasteiger partial charge >= 0.3 is 0 Å². The van der Waals surface area contributed by atoms with Crippen LogP contribution in [-0.2, 0) is 9.59 Å². The predicted octanol–water partition coefficient (Wildman–Crippen LogP) is 2.07. The number of hydrogen-bond acceptors (Lipinski definition) is 4. The fraction of sp³-hybridized carbons (Fsp3) is 0.579. The number of anilines is 1. The van der Waals surface area contributed by atoms with Crippen molar-refractivity contribution in [2.45, 2.75) is 50.1 Å². The zero-order valence-corrected chi connectivity index (χ0v) is 14.3. The molecule has 1 aliphatic carbocycles. The number of benzene rings is 1. The smallest absolute Gasteiger partial charge is 0.247 e. The molecule has 2 saturated heterocycles. The molecule has 1 saturated carbocycles. The molecule has 3 fully saturated rings. The number of hydrogen-bond donors (Lipinski definition) is 1. The van der Waals surface area contributed by atoms with Crippen LogP contribution in [0.1, 0.15) is 38.5 Å². The molecule has 1 amide bonds. The Kier molecular flexibility index (Phi) is 4.23. The van der Waals surface area contributed by atoms with Crippen LogP contribution in [0.25, 0.3) is 0 Å². The van der Waals surface area contributed by atoms with Crippen LogP contribution in [0.2, 0.25) is 0 Å². The zero-order chi connectivity index (χ0) is 17.4. The molecule has 4 rings (SSSR count). The van der Waals surface area contributed by atoms with Gasteiger partial charge in [-0.1, -0.05) is 6.42 Å². The van der Waals surface area contributed by atoms with E-state index in [1.165, 1.54) is 12.1 Å². The van der Waals surface area contributed by atoms with Crippen molar-refractivity contribution in [3.63, 3.8) is 0 Å². The fourth-order valence-electron chi connectivity index (χ4n) is 4.60. The van der Waals surface area contributed by atoms with Crippen molar-refractivity contribution in [1.29, 1.82) is 0 Å². The standard InChI is InChI=1S/C19H24FN3O2/c20-14-5-7-15(8-6-14)23-13-21-18(25)19(23)9-11-22(12-10-19)16-3-1-2-4-17(16)24/h5-8,16H,1-4,9-13H2,(H,21,25). The van der Waals surface area contributed by atoms with Crippen molar-refractivity contribution in [2.24, 2.45) is 0 Å². The molecule has 1 atom stereocenters. The summed E-state index contributed by atoms with van der Waals surface area (Å²) in [5, 5.41) is 2.95. The van der Waals surface area contributed by atoms with E-state index in [0.29, 0.717) is 31.7 Å².